The molecule has 1 N–H and O–H groups in total. The van der Waals surface area contributed by atoms with Gasteiger partial charge in [-0.2, -0.15) is 0 Å². The summed E-state index contributed by atoms with van der Waals surface area (Å²) in [7, 11) is 0. The number of pyridine rings is 1. The van der Waals surface area contributed by atoms with E-state index >= 15 is 0 Å². The van der Waals surface area contributed by atoms with Crippen molar-refractivity contribution in [3.05, 3.63) is 60.3 Å². The summed E-state index contributed by atoms with van der Waals surface area (Å²) in [5.74, 6) is 0. The van der Waals surface area contributed by atoms with Gasteiger partial charge in [-0.25, -0.2) is 0 Å². The van der Waals surface area contributed by atoms with Crippen LogP contribution in [0.15, 0.2) is 54.7 Å². The Hall–Kier alpha value is -2.35. The standard InChI is InChI=1S/C17H14N2/c1-4-12(14-6-3-10-18-16(14)7-1)13-5-2-8-17-15(13)9-11-19-17/h1-8,10,19H,9,11H2. The van der Waals surface area contributed by atoms with Crippen LogP contribution in [-0.4, -0.2) is 11.5 Å². The highest BCUT2D eigenvalue weighted by Gasteiger charge is 2.16. The molecule has 0 amide bonds. The van der Waals surface area contributed by atoms with Crippen LogP contribution >= 0.6 is 0 Å². The minimum absolute atomic E-state index is 1.04. The number of aromatic nitrogens is 1. The van der Waals surface area contributed by atoms with Crippen LogP contribution in [0.3, 0.4) is 0 Å². The first-order valence-electron chi connectivity index (χ1n) is 6.63. The van der Waals surface area contributed by atoms with Crippen LogP contribution in [0.5, 0.6) is 0 Å². The molecule has 0 bridgehead atoms. The van der Waals surface area contributed by atoms with E-state index in [1.54, 1.807) is 0 Å². The quantitative estimate of drug-likeness (QED) is 0.705. The molecule has 0 radical (unpaired) electrons. The van der Waals surface area contributed by atoms with E-state index in [-0.39, 0.29) is 0 Å². The van der Waals surface area contributed by atoms with Crippen molar-refractivity contribution in [2.24, 2.45) is 0 Å². The van der Waals surface area contributed by atoms with Gasteiger partial charge in [0.25, 0.3) is 0 Å². The molecule has 0 aliphatic carbocycles. The molecule has 0 saturated carbocycles. The number of nitrogens with one attached hydrogen (secondary N) is 1. The largest absolute Gasteiger partial charge is 0.384 e. The summed E-state index contributed by atoms with van der Waals surface area (Å²) in [6.45, 7) is 1.04. The second kappa shape index (κ2) is 4.09. The third-order valence-corrected chi connectivity index (χ3v) is 3.80. The van der Waals surface area contributed by atoms with E-state index in [2.05, 4.69) is 52.8 Å². The highest BCUT2D eigenvalue weighted by molar-refractivity contribution is 5.96. The molecule has 1 aliphatic rings. The third kappa shape index (κ3) is 1.60. The fourth-order valence-corrected chi connectivity index (χ4v) is 2.93. The van der Waals surface area contributed by atoms with Crippen LogP contribution in [0.1, 0.15) is 5.56 Å². The number of hydrogen-bond donors (Lipinski definition) is 1. The first-order valence-corrected chi connectivity index (χ1v) is 6.63. The highest BCUT2D eigenvalue weighted by Crippen LogP contribution is 2.35. The maximum absolute atomic E-state index is 4.45. The van der Waals surface area contributed by atoms with Crippen molar-refractivity contribution >= 4 is 16.6 Å². The summed E-state index contributed by atoms with van der Waals surface area (Å²) in [6.07, 6.45) is 2.95. The number of fused-ring (bicyclic) bond motifs is 2. The van der Waals surface area contributed by atoms with E-state index in [0.29, 0.717) is 0 Å². The molecule has 3 aromatic rings. The third-order valence-electron chi connectivity index (χ3n) is 3.80. The average Bonchev–Trinajstić information content (AvgIpc) is 2.95. The Morgan fingerprint density at radius 2 is 1.79 bits per heavy atom. The SMILES string of the molecule is c1cc2c(c(-c3cccc4ncccc34)c1)CCN2. The lowest BCUT2D eigenvalue weighted by molar-refractivity contribution is 1.11. The van der Waals surface area contributed by atoms with E-state index in [4.69, 9.17) is 0 Å². The smallest absolute Gasteiger partial charge is 0.0708 e. The zero-order valence-electron chi connectivity index (χ0n) is 10.6. The van der Waals surface area contributed by atoms with Crippen molar-refractivity contribution in [2.75, 3.05) is 11.9 Å². The van der Waals surface area contributed by atoms with Crippen molar-refractivity contribution in [3.8, 4) is 11.1 Å². The van der Waals surface area contributed by atoms with Crippen molar-refractivity contribution < 1.29 is 0 Å². The van der Waals surface area contributed by atoms with Crippen molar-refractivity contribution in [2.45, 2.75) is 6.42 Å². The number of benzene rings is 2. The molecule has 0 atom stereocenters. The van der Waals surface area contributed by atoms with Gasteiger partial charge in [0.15, 0.2) is 0 Å². The molecule has 0 spiro atoms. The van der Waals surface area contributed by atoms with Gasteiger partial charge in [-0.15, -0.1) is 0 Å². The highest BCUT2D eigenvalue weighted by atomic mass is 14.9. The summed E-state index contributed by atoms with van der Waals surface area (Å²) >= 11 is 0. The minimum Gasteiger partial charge on any atom is -0.384 e. The van der Waals surface area contributed by atoms with E-state index < -0.39 is 0 Å². The Balaban J connectivity index is 2.04. The van der Waals surface area contributed by atoms with Gasteiger partial charge in [0.1, 0.15) is 0 Å². The Morgan fingerprint density at radius 1 is 0.895 bits per heavy atom. The molecular weight excluding hydrogens is 232 g/mol. The average molecular weight is 246 g/mol. The predicted octanol–water partition coefficient (Wildman–Crippen LogP) is 3.87. The summed E-state index contributed by atoms with van der Waals surface area (Å²) in [6, 6.07) is 17.0. The van der Waals surface area contributed by atoms with Gasteiger partial charge in [-0.3, -0.25) is 4.98 Å². The Morgan fingerprint density at radius 3 is 2.79 bits per heavy atom. The lowest BCUT2D eigenvalue weighted by Gasteiger charge is -2.10. The molecule has 92 valence electrons. The van der Waals surface area contributed by atoms with E-state index in [9.17, 15) is 0 Å². The number of nitrogens with zero attached hydrogens (tertiary/aromatic N) is 1. The molecule has 2 heteroatoms. The normalized spacial score (nSPS) is 13.3. The van der Waals surface area contributed by atoms with Gasteiger partial charge in [-0.1, -0.05) is 30.3 Å². The van der Waals surface area contributed by atoms with Gasteiger partial charge in [0.2, 0.25) is 0 Å². The Bertz CT molecular complexity index is 757. The molecule has 19 heavy (non-hydrogen) atoms. The second-order valence-corrected chi connectivity index (χ2v) is 4.88. The zero-order chi connectivity index (χ0) is 12.7. The lowest BCUT2D eigenvalue weighted by Crippen LogP contribution is -1.90. The molecular formula is C17H14N2. The van der Waals surface area contributed by atoms with Crippen molar-refractivity contribution in [1.82, 2.24) is 4.98 Å². The summed E-state index contributed by atoms with van der Waals surface area (Å²) in [5, 5.41) is 4.67. The van der Waals surface area contributed by atoms with Crippen LogP contribution in [0.25, 0.3) is 22.0 Å². The van der Waals surface area contributed by atoms with Crippen LogP contribution in [0.2, 0.25) is 0 Å². The van der Waals surface area contributed by atoms with Crippen LogP contribution in [0, 0.1) is 0 Å². The molecule has 2 aromatic carbocycles. The first kappa shape index (κ1) is 10.6. The minimum atomic E-state index is 1.04. The maximum Gasteiger partial charge on any atom is 0.0708 e. The fourth-order valence-electron chi connectivity index (χ4n) is 2.93. The number of rotatable bonds is 1. The monoisotopic (exact) mass is 246 g/mol. The summed E-state index contributed by atoms with van der Waals surface area (Å²) in [5.41, 5.74) is 6.38. The van der Waals surface area contributed by atoms with Gasteiger partial charge in [0, 0.05) is 23.8 Å². The molecule has 0 fully saturated rings. The molecule has 4 rings (SSSR count). The fraction of sp³-hybridized carbons (Fsp3) is 0.118. The molecule has 0 saturated heterocycles. The summed E-state index contributed by atoms with van der Waals surface area (Å²) < 4.78 is 0. The second-order valence-electron chi connectivity index (χ2n) is 4.88. The molecule has 1 aliphatic heterocycles. The van der Waals surface area contributed by atoms with Gasteiger partial charge in [-0.05, 0) is 41.3 Å². The number of anilines is 1. The van der Waals surface area contributed by atoms with Crippen LogP contribution in [0.4, 0.5) is 5.69 Å². The summed E-state index contributed by atoms with van der Waals surface area (Å²) in [4.78, 5) is 4.45. The van der Waals surface area contributed by atoms with Crippen molar-refractivity contribution in [3.63, 3.8) is 0 Å². The van der Waals surface area contributed by atoms with E-state index in [1.165, 1.54) is 27.8 Å². The van der Waals surface area contributed by atoms with Gasteiger partial charge < -0.3 is 5.32 Å². The van der Waals surface area contributed by atoms with Crippen LogP contribution < -0.4 is 5.32 Å². The van der Waals surface area contributed by atoms with Crippen molar-refractivity contribution in [1.29, 1.82) is 0 Å². The topological polar surface area (TPSA) is 24.9 Å². The predicted molar refractivity (Wildman–Crippen MR) is 79.4 cm³/mol. The maximum atomic E-state index is 4.45. The first-order chi connectivity index (χ1) is 9.43. The van der Waals surface area contributed by atoms with Gasteiger partial charge in [0.05, 0.1) is 5.52 Å². The zero-order valence-corrected chi connectivity index (χ0v) is 10.6. The molecule has 2 nitrogen and oxygen atoms in total. The van der Waals surface area contributed by atoms with E-state index in [0.717, 1.165) is 18.5 Å². The lowest BCUT2D eigenvalue weighted by atomic mass is 9.95. The molecule has 1 aromatic heterocycles. The Kier molecular flexibility index (Phi) is 2.27. The number of hydrogen-bond acceptors (Lipinski definition) is 2. The van der Waals surface area contributed by atoms with E-state index in [1.807, 2.05) is 12.3 Å². The Labute approximate surface area is 112 Å². The van der Waals surface area contributed by atoms with Gasteiger partial charge >= 0.3 is 0 Å². The molecule has 0 unspecified atom stereocenters. The molecule has 2 heterocycles. The van der Waals surface area contributed by atoms with Crippen LogP contribution in [-0.2, 0) is 6.42 Å².